The molecule has 0 aliphatic carbocycles. The highest BCUT2D eigenvalue weighted by Gasteiger charge is 2.34. The molecule has 0 radical (unpaired) electrons. The Balaban J connectivity index is 1.71. The molecule has 1 amide bonds. The number of aromatic amines is 1. The average molecular weight is 540 g/mol. The summed E-state index contributed by atoms with van der Waals surface area (Å²) in [5, 5.41) is 10.5. The number of rotatable bonds is 5. The predicted octanol–water partition coefficient (Wildman–Crippen LogP) is 5.67. The van der Waals surface area contributed by atoms with Crippen LogP contribution in [0.5, 0.6) is 17.5 Å². The number of aromatic nitrogens is 3. The Kier molecular flexibility index (Phi) is 6.66. The smallest absolute Gasteiger partial charge is 0.324 e. The van der Waals surface area contributed by atoms with E-state index in [0.29, 0.717) is 24.7 Å². The maximum atomic E-state index is 16.2. The second-order valence-electron chi connectivity index (χ2n) is 9.10. The topological polar surface area (TPSA) is 94.6 Å². The third-order valence-corrected chi connectivity index (χ3v) is 6.88. The third kappa shape index (κ3) is 4.41. The summed E-state index contributed by atoms with van der Waals surface area (Å²) in [6, 6.07) is 6.21. The van der Waals surface area contributed by atoms with Crippen LogP contribution in [0.3, 0.4) is 0 Å². The number of carbonyl (C=O) groups excluding carboxylic acids is 1. The van der Waals surface area contributed by atoms with E-state index in [4.69, 9.17) is 16.3 Å². The number of nitrogens with zero attached hydrogens (tertiary/aromatic N) is 4. The van der Waals surface area contributed by atoms with Crippen molar-refractivity contribution < 1.29 is 23.4 Å². The molecular weight excluding hydrogens is 516 g/mol. The molecule has 196 valence electrons. The molecule has 5 rings (SSSR count). The van der Waals surface area contributed by atoms with Gasteiger partial charge in [-0.05, 0) is 44.2 Å². The number of benzene rings is 2. The van der Waals surface area contributed by atoms with Crippen LogP contribution in [0.2, 0.25) is 5.02 Å². The van der Waals surface area contributed by atoms with E-state index in [1.807, 2.05) is 18.7 Å². The van der Waals surface area contributed by atoms with E-state index < -0.39 is 17.4 Å². The van der Waals surface area contributed by atoms with Gasteiger partial charge in [-0.25, -0.2) is 8.78 Å². The second kappa shape index (κ2) is 9.94. The van der Waals surface area contributed by atoms with E-state index in [0.717, 1.165) is 6.07 Å². The first-order chi connectivity index (χ1) is 18.2. The molecule has 0 spiro atoms. The highest BCUT2D eigenvalue weighted by Crippen LogP contribution is 2.43. The number of hydrogen-bond acceptors (Lipinski definition) is 6. The van der Waals surface area contributed by atoms with Crippen LogP contribution in [0.1, 0.15) is 13.8 Å². The van der Waals surface area contributed by atoms with E-state index in [2.05, 4.69) is 21.5 Å². The van der Waals surface area contributed by atoms with E-state index in [9.17, 15) is 14.3 Å². The molecule has 1 aliphatic heterocycles. The van der Waals surface area contributed by atoms with Gasteiger partial charge in [-0.1, -0.05) is 24.2 Å². The van der Waals surface area contributed by atoms with E-state index in [1.165, 1.54) is 24.3 Å². The van der Waals surface area contributed by atoms with Crippen molar-refractivity contribution in [3.63, 3.8) is 0 Å². The molecule has 1 saturated heterocycles. The Morgan fingerprint density at radius 2 is 2.00 bits per heavy atom. The Morgan fingerprint density at radius 3 is 2.68 bits per heavy atom. The van der Waals surface area contributed by atoms with Crippen LogP contribution < -0.4 is 9.64 Å². The minimum atomic E-state index is -0.934. The van der Waals surface area contributed by atoms with Crippen LogP contribution in [0.4, 0.5) is 14.6 Å². The fourth-order valence-corrected chi connectivity index (χ4v) is 5.02. The van der Waals surface area contributed by atoms with E-state index in [-0.39, 0.29) is 51.1 Å². The summed E-state index contributed by atoms with van der Waals surface area (Å²) in [6.07, 6.45) is 4.51. The molecule has 38 heavy (non-hydrogen) atoms. The summed E-state index contributed by atoms with van der Waals surface area (Å²) in [5.74, 6) is -1.68. The van der Waals surface area contributed by atoms with Gasteiger partial charge in [0.05, 0.1) is 10.6 Å². The number of amides is 1. The van der Waals surface area contributed by atoms with Crippen LogP contribution in [0, 0.1) is 11.6 Å². The lowest BCUT2D eigenvalue weighted by Crippen LogP contribution is -2.58. The van der Waals surface area contributed by atoms with Gasteiger partial charge in [0.2, 0.25) is 5.91 Å². The number of hydrogen-bond donors (Lipinski definition) is 2. The molecule has 2 atom stereocenters. The van der Waals surface area contributed by atoms with Gasteiger partial charge in [-0.15, -0.1) is 0 Å². The third-order valence-electron chi connectivity index (χ3n) is 6.58. The lowest BCUT2D eigenvalue weighted by molar-refractivity contribution is -0.128. The second-order valence-corrected chi connectivity index (χ2v) is 9.51. The number of nitrogens with one attached hydrogen (secondary N) is 1. The maximum Gasteiger partial charge on any atom is 0.324 e. The van der Waals surface area contributed by atoms with Crippen molar-refractivity contribution in [1.82, 2.24) is 19.9 Å². The number of phenols is 1. The molecule has 1 aliphatic rings. The Morgan fingerprint density at radius 1 is 1.21 bits per heavy atom. The van der Waals surface area contributed by atoms with Crippen LogP contribution >= 0.6 is 11.6 Å². The predicted molar refractivity (Wildman–Crippen MR) is 141 cm³/mol. The van der Waals surface area contributed by atoms with Crippen molar-refractivity contribution >= 4 is 34.2 Å². The van der Waals surface area contributed by atoms with Crippen molar-refractivity contribution in [1.29, 1.82) is 0 Å². The minimum Gasteiger partial charge on any atom is -0.507 e. The van der Waals surface area contributed by atoms with E-state index >= 15 is 4.39 Å². The monoisotopic (exact) mass is 539 g/mol. The highest BCUT2D eigenvalue weighted by molar-refractivity contribution is 6.34. The molecule has 0 bridgehead atoms. The van der Waals surface area contributed by atoms with Crippen LogP contribution in [0.25, 0.3) is 22.0 Å². The molecule has 8 nitrogen and oxygen atoms in total. The summed E-state index contributed by atoms with van der Waals surface area (Å²) in [5.41, 5.74) is -0.856. The van der Waals surface area contributed by atoms with Gasteiger partial charge in [0, 0.05) is 48.5 Å². The highest BCUT2D eigenvalue weighted by atomic mass is 35.5. The van der Waals surface area contributed by atoms with Crippen LogP contribution in [-0.4, -0.2) is 56.0 Å². The standard InChI is InChI=1S/C27H24ClF2N5O3/c1-4-21(37)34-12-15(3)35(13-14(34)2)26-17-10-18(28)22(23-19(29)6-5-7-20(23)36)24(30)25(17)32-27(33-26)38-16-8-9-31-11-16/h4-11,14-15,31,36H,1,12-13H2,2-3H3/t14-,15+/m1/s1. The Bertz CT molecular complexity index is 1530. The fraction of sp³-hybridized carbons (Fsp3) is 0.222. The van der Waals surface area contributed by atoms with Gasteiger partial charge < -0.3 is 24.6 Å². The molecule has 2 aromatic heterocycles. The number of carbonyl (C=O) groups is 1. The summed E-state index contributed by atoms with van der Waals surface area (Å²) >= 11 is 6.51. The van der Waals surface area contributed by atoms with Gasteiger partial charge in [0.1, 0.15) is 28.7 Å². The lowest BCUT2D eigenvalue weighted by Gasteiger charge is -2.44. The van der Waals surface area contributed by atoms with Gasteiger partial charge >= 0.3 is 6.01 Å². The van der Waals surface area contributed by atoms with Crippen LogP contribution in [0.15, 0.2) is 55.4 Å². The van der Waals surface area contributed by atoms with Crippen molar-refractivity contribution in [3.05, 3.63) is 72.0 Å². The van der Waals surface area contributed by atoms with Crippen molar-refractivity contribution in [2.75, 3.05) is 18.0 Å². The fourth-order valence-electron chi connectivity index (χ4n) is 4.74. The van der Waals surface area contributed by atoms with Crippen molar-refractivity contribution in [3.8, 4) is 28.6 Å². The number of H-pyrrole nitrogens is 1. The summed E-state index contributed by atoms with van der Waals surface area (Å²) in [4.78, 5) is 27.8. The average Bonchev–Trinajstić information content (AvgIpc) is 3.39. The quantitative estimate of drug-likeness (QED) is 0.318. The molecule has 2 N–H and O–H groups in total. The maximum absolute atomic E-state index is 16.2. The first-order valence-electron chi connectivity index (χ1n) is 11.9. The molecule has 1 fully saturated rings. The minimum absolute atomic E-state index is 0.124. The van der Waals surface area contributed by atoms with Crippen molar-refractivity contribution in [2.45, 2.75) is 25.9 Å². The van der Waals surface area contributed by atoms with Crippen molar-refractivity contribution in [2.24, 2.45) is 0 Å². The molecule has 0 saturated carbocycles. The zero-order chi connectivity index (χ0) is 27.1. The first-order valence-corrected chi connectivity index (χ1v) is 12.2. The number of phenolic OH excluding ortho intramolecular Hbond substituents is 1. The zero-order valence-corrected chi connectivity index (χ0v) is 21.3. The molecular formula is C27H24ClF2N5O3. The number of ether oxygens (including phenoxy) is 1. The summed E-state index contributed by atoms with van der Waals surface area (Å²) in [7, 11) is 0. The van der Waals surface area contributed by atoms with Gasteiger partial charge in [0.15, 0.2) is 5.82 Å². The van der Waals surface area contributed by atoms with Gasteiger partial charge in [-0.2, -0.15) is 9.97 Å². The molecule has 3 heterocycles. The summed E-state index contributed by atoms with van der Waals surface area (Å²) < 4.78 is 36.7. The first kappa shape index (κ1) is 25.5. The van der Waals surface area contributed by atoms with E-state index in [1.54, 1.807) is 23.4 Å². The molecule has 2 aromatic carbocycles. The number of aromatic hydroxyl groups is 1. The Hall–Kier alpha value is -4.18. The van der Waals surface area contributed by atoms with Crippen LogP contribution in [-0.2, 0) is 4.79 Å². The number of anilines is 1. The number of halogens is 3. The Labute approximate surface area is 222 Å². The normalized spacial score (nSPS) is 17.6. The zero-order valence-electron chi connectivity index (χ0n) is 20.6. The largest absolute Gasteiger partial charge is 0.507 e. The number of fused-ring (bicyclic) bond motifs is 1. The number of piperazine rings is 1. The lowest BCUT2D eigenvalue weighted by atomic mass is 10.0. The summed E-state index contributed by atoms with van der Waals surface area (Å²) in [6.45, 7) is 8.15. The molecule has 11 heteroatoms. The van der Waals surface area contributed by atoms with Gasteiger partial charge in [0.25, 0.3) is 0 Å². The van der Waals surface area contributed by atoms with Gasteiger partial charge in [-0.3, -0.25) is 4.79 Å². The SMILES string of the molecule is C=CC(=O)N1C[C@H](C)N(c2nc(Oc3cc[nH]c3)nc3c(F)c(-c4c(O)cccc4F)c(Cl)cc23)C[C@H]1C. The molecule has 0 unspecified atom stereocenters. The molecule has 4 aromatic rings.